The Labute approximate surface area is 191 Å². The number of methoxy groups -OCH3 is 1. The van der Waals surface area contributed by atoms with Gasteiger partial charge in [-0.15, -0.1) is 0 Å². The molecule has 1 atom stereocenters. The lowest BCUT2D eigenvalue weighted by atomic mass is 9.92. The second-order valence-corrected chi connectivity index (χ2v) is 8.97. The quantitative estimate of drug-likeness (QED) is 0.683. The minimum atomic E-state index is -3.24. The van der Waals surface area contributed by atoms with Gasteiger partial charge in [-0.2, -0.15) is 13.8 Å². The lowest BCUT2D eigenvalue weighted by Gasteiger charge is -2.34. The molecule has 2 aromatic rings. The van der Waals surface area contributed by atoms with Crippen molar-refractivity contribution in [3.8, 4) is 11.7 Å². The number of aryl methyl sites for hydroxylation is 1. The summed E-state index contributed by atoms with van der Waals surface area (Å²) in [6, 6.07) is 1.58. The van der Waals surface area contributed by atoms with Gasteiger partial charge in [-0.1, -0.05) is 6.92 Å². The number of carbonyl (C=O) groups excluding carboxylic acids is 1. The summed E-state index contributed by atoms with van der Waals surface area (Å²) in [7, 11) is 1.64. The molecule has 1 fully saturated rings. The fourth-order valence-electron chi connectivity index (χ4n) is 4.25. The molecule has 178 valence electrons. The highest BCUT2D eigenvalue weighted by Crippen LogP contribution is 2.33. The summed E-state index contributed by atoms with van der Waals surface area (Å²) < 4.78 is 41.5. The number of rotatable bonds is 7. The van der Waals surface area contributed by atoms with Crippen LogP contribution in [0.4, 0.5) is 8.78 Å². The van der Waals surface area contributed by atoms with E-state index in [4.69, 9.17) is 9.47 Å². The number of nitrogens with one attached hydrogen (secondary N) is 1. The van der Waals surface area contributed by atoms with E-state index >= 15 is 0 Å². The average molecular weight is 462 g/mol. The molecule has 0 spiro atoms. The first kappa shape index (κ1) is 23.3. The second kappa shape index (κ2) is 8.48. The number of halogens is 2. The number of amides is 1. The van der Waals surface area contributed by atoms with E-state index in [0.29, 0.717) is 19.3 Å². The van der Waals surface area contributed by atoms with Crippen LogP contribution in [0.15, 0.2) is 17.3 Å². The Bertz CT molecular complexity index is 1090. The minimum Gasteiger partial charge on any atom is -0.474 e. The van der Waals surface area contributed by atoms with Crippen molar-refractivity contribution in [2.75, 3.05) is 7.11 Å². The molecule has 0 saturated heterocycles. The smallest absolute Gasteiger partial charge is 0.304 e. The number of nitrogens with zero attached hydrogens (tertiary/aromatic N) is 4. The van der Waals surface area contributed by atoms with E-state index in [1.165, 1.54) is 6.92 Å². The molecule has 1 unspecified atom stereocenters. The highest BCUT2D eigenvalue weighted by molar-refractivity contribution is 5.86. The van der Waals surface area contributed by atoms with Crippen molar-refractivity contribution in [2.24, 2.45) is 4.99 Å². The lowest BCUT2D eigenvalue weighted by Crippen LogP contribution is -2.47. The molecule has 1 amide bonds. The Morgan fingerprint density at radius 1 is 1.33 bits per heavy atom. The van der Waals surface area contributed by atoms with Crippen LogP contribution in [0.3, 0.4) is 0 Å². The molecule has 4 rings (SSSR count). The third kappa shape index (κ3) is 4.75. The molecule has 0 radical (unpaired) electrons. The number of alkyl halides is 2. The SMILES string of the molecule is CCc1cn(-c2cc(OC3CC(OC)C3)nc(C(C)(F)F)n2)c2c1C=NC(C)(NC(C)=O)C2. The first-order valence-corrected chi connectivity index (χ1v) is 11.1. The van der Waals surface area contributed by atoms with Gasteiger partial charge < -0.3 is 19.4 Å². The first-order valence-electron chi connectivity index (χ1n) is 11.1. The van der Waals surface area contributed by atoms with Gasteiger partial charge in [0.2, 0.25) is 17.6 Å². The van der Waals surface area contributed by atoms with Gasteiger partial charge in [-0.3, -0.25) is 9.79 Å². The van der Waals surface area contributed by atoms with Crippen LogP contribution in [-0.4, -0.2) is 51.6 Å². The molecule has 0 aromatic carbocycles. The molecule has 10 heteroatoms. The molecule has 8 nitrogen and oxygen atoms in total. The summed E-state index contributed by atoms with van der Waals surface area (Å²) >= 11 is 0. The number of fused-ring (bicyclic) bond motifs is 1. The number of carbonyl (C=O) groups is 1. The van der Waals surface area contributed by atoms with Gasteiger partial charge in [0.25, 0.3) is 0 Å². The van der Waals surface area contributed by atoms with E-state index in [2.05, 4.69) is 20.3 Å². The Hall–Kier alpha value is -2.88. The highest BCUT2D eigenvalue weighted by Gasteiger charge is 2.35. The van der Waals surface area contributed by atoms with E-state index in [1.807, 2.05) is 20.0 Å². The first-order chi connectivity index (χ1) is 15.5. The van der Waals surface area contributed by atoms with Crippen molar-refractivity contribution in [1.82, 2.24) is 19.9 Å². The highest BCUT2D eigenvalue weighted by atomic mass is 19.3. The number of aliphatic imine (C=N–C) groups is 1. The maximum absolute atomic E-state index is 14.3. The second-order valence-electron chi connectivity index (χ2n) is 8.97. The van der Waals surface area contributed by atoms with Crippen LogP contribution in [0, 0.1) is 0 Å². The summed E-state index contributed by atoms with van der Waals surface area (Å²) in [5, 5.41) is 2.86. The van der Waals surface area contributed by atoms with Crippen LogP contribution in [0.25, 0.3) is 5.82 Å². The molecule has 33 heavy (non-hydrogen) atoms. The van der Waals surface area contributed by atoms with Crippen molar-refractivity contribution in [3.05, 3.63) is 34.9 Å². The molecule has 3 heterocycles. The summed E-state index contributed by atoms with van der Waals surface area (Å²) in [5.74, 6) is -3.66. The molecule has 1 saturated carbocycles. The van der Waals surface area contributed by atoms with E-state index in [0.717, 1.165) is 30.2 Å². The molecule has 2 aromatic heterocycles. The summed E-state index contributed by atoms with van der Waals surface area (Å²) in [6.45, 7) is 6.03. The molecule has 1 aliphatic carbocycles. The van der Waals surface area contributed by atoms with Crippen LogP contribution in [0.5, 0.6) is 5.88 Å². The fraction of sp³-hybridized carbons (Fsp3) is 0.565. The largest absolute Gasteiger partial charge is 0.474 e. The Balaban J connectivity index is 1.76. The number of hydrogen-bond donors (Lipinski definition) is 1. The normalized spacial score (nSPS) is 24.2. The zero-order chi connectivity index (χ0) is 24.0. The molecule has 0 bridgehead atoms. The third-order valence-electron chi connectivity index (χ3n) is 6.05. The van der Waals surface area contributed by atoms with Gasteiger partial charge in [0.1, 0.15) is 17.6 Å². The average Bonchev–Trinajstić information content (AvgIpc) is 3.06. The van der Waals surface area contributed by atoms with Gasteiger partial charge in [0.05, 0.1) is 6.10 Å². The van der Waals surface area contributed by atoms with Gasteiger partial charge in [0.15, 0.2) is 0 Å². The molecule has 2 aliphatic rings. The van der Waals surface area contributed by atoms with E-state index in [-0.39, 0.29) is 29.8 Å². The van der Waals surface area contributed by atoms with E-state index in [1.54, 1.807) is 24.0 Å². The Morgan fingerprint density at radius 2 is 2.06 bits per heavy atom. The monoisotopic (exact) mass is 461 g/mol. The van der Waals surface area contributed by atoms with E-state index in [9.17, 15) is 13.6 Å². The van der Waals surface area contributed by atoms with Crippen LogP contribution in [0.2, 0.25) is 0 Å². The predicted molar refractivity (Wildman–Crippen MR) is 118 cm³/mol. The lowest BCUT2D eigenvalue weighted by molar-refractivity contribution is -0.120. The van der Waals surface area contributed by atoms with Gasteiger partial charge in [0, 0.05) is 70.0 Å². The molecule has 1 N–H and O–H groups in total. The van der Waals surface area contributed by atoms with Crippen LogP contribution in [0.1, 0.15) is 63.2 Å². The zero-order valence-corrected chi connectivity index (χ0v) is 19.5. The van der Waals surface area contributed by atoms with Gasteiger partial charge in [-0.25, -0.2) is 4.98 Å². The van der Waals surface area contributed by atoms with Crippen LogP contribution >= 0.6 is 0 Å². The number of aromatic nitrogens is 3. The third-order valence-corrected chi connectivity index (χ3v) is 6.05. The van der Waals surface area contributed by atoms with Crippen molar-refractivity contribution in [1.29, 1.82) is 0 Å². The Morgan fingerprint density at radius 3 is 2.67 bits per heavy atom. The van der Waals surface area contributed by atoms with E-state index < -0.39 is 17.4 Å². The summed E-state index contributed by atoms with van der Waals surface area (Å²) in [6.07, 6.45) is 6.05. The standard InChI is InChI=1S/C23H29F2N5O3/c1-6-14-12-30(18-10-22(3,29-13(2)31)26-11-17(14)18)19-9-20(28-21(27-19)23(4,24)25)33-16-7-15(8-16)32-5/h9,11-12,15-16H,6-8,10H2,1-5H3,(H,29,31). The van der Waals surface area contributed by atoms with Crippen LogP contribution in [-0.2, 0) is 28.3 Å². The topological polar surface area (TPSA) is 90.6 Å². The maximum Gasteiger partial charge on any atom is 0.304 e. The summed E-state index contributed by atoms with van der Waals surface area (Å²) in [5.41, 5.74) is 1.90. The fourth-order valence-corrected chi connectivity index (χ4v) is 4.25. The molecular formula is C23H29F2N5O3. The summed E-state index contributed by atoms with van der Waals surface area (Å²) in [4.78, 5) is 24.4. The number of ether oxygens (including phenoxy) is 2. The minimum absolute atomic E-state index is 0.102. The number of hydrogen-bond acceptors (Lipinski definition) is 6. The molecule has 1 aliphatic heterocycles. The Kier molecular flexibility index (Phi) is 5.98. The van der Waals surface area contributed by atoms with Crippen molar-refractivity contribution < 1.29 is 23.0 Å². The van der Waals surface area contributed by atoms with Crippen LogP contribution < -0.4 is 10.1 Å². The molecular weight excluding hydrogens is 432 g/mol. The maximum atomic E-state index is 14.3. The van der Waals surface area contributed by atoms with Crippen molar-refractivity contribution in [2.45, 2.75) is 77.2 Å². The van der Waals surface area contributed by atoms with Crippen molar-refractivity contribution >= 4 is 12.1 Å². The zero-order valence-electron chi connectivity index (χ0n) is 19.5. The van der Waals surface area contributed by atoms with Gasteiger partial charge in [-0.05, 0) is 18.9 Å². The van der Waals surface area contributed by atoms with Gasteiger partial charge >= 0.3 is 5.92 Å². The predicted octanol–water partition coefficient (Wildman–Crippen LogP) is 3.32. The van der Waals surface area contributed by atoms with Crippen molar-refractivity contribution in [3.63, 3.8) is 0 Å².